The lowest BCUT2D eigenvalue weighted by Crippen LogP contribution is -2.21. The Kier molecular flexibility index (Phi) is 3.82. The fraction of sp³-hybridized carbons (Fsp3) is 0.333. The number of hydrogen-bond acceptors (Lipinski definition) is 2. The number of halogens is 1. The Hall–Kier alpha value is -1.61. The van der Waals surface area contributed by atoms with Crippen molar-refractivity contribution in [3.05, 3.63) is 47.5 Å². The molecule has 0 aliphatic carbocycles. The molecule has 2 aromatic rings. The van der Waals surface area contributed by atoms with Crippen LogP contribution in [0.2, 0.25) is 0 Å². The van der Waals surface area contributed by atoms with Crippen molar-refractivity contribution in [2.75, 3.05) is 0 Å². The molecular weight excluding hydrogens is 229 g/mol. The fourth-order valence-corrected chi connectivity index (χ4v) is 1.76. The zero-order chi connectivity index (χ0) is 13.1. The van der Waals surface area contributed by atoms with Crippen LogP contribution in [0.4, 0.5) is 4.39 Å². The summed E-state index contributed by atoms with van der Waals surface area (Å²) in [6.07, 6.45) is 0. The number of rotatable bonds is 4. The first kappa shape index (κ1) is 12.8. The molecule has 0 saturated heterocycles. The second-order valence-corrected chi connectivity index (χ2v) is 4.74. The van der Waals surface area contributed by atoms with E-state index in [1.165, 1.54) is 0 Å². The summed E-state index contributed by atoms with van der Waals surface area (Å²) in [4.78, 5) is 0. The van der Waals surface area contributed by atoms with Crippen molar-refractivity contribution in [2.45, 2.75) is 33.4 Å². The Morgan fingerprint density at radius 3 is 2.72 bits per heavy atom. The average Bonchev–Trinajstić information content (AvgIpc) is 2.78. The predicted octanol–water partition coefficient (Wildman–Crippen LogP) is 3.89. The molecule has 2 rings (SSSR count). The van der Waals surface area contributed by atoms with Crippen LogP contribution in [0.1, 0.15) is 25.2 Å². The molecule has 3 heteroatoms. The molecule has 0 fully saturated rings. The van der Waals surface area contributed by atoms with Gasteiger partial charge in [-0.15, -0.1) is 0 Å². The van der Waals surface area contributed by atoms with Crippen molar-refractivity contribution >= 4 is 0 Å². The van der Waals surface area contributed by atoms with Gasteiger partial charge < -0.3 is 9.73 Å². The Balaban J connectivity index is 2.21. The standard InChI is InChI=1S/C15H18FNO/c1-10(2)17-9-12-7-8-14(18-12)13-6-4-5-11(3)15(13)16/h4-8,10,17H,9H2,1-3H3. The summed E-state index contributed by atoms with van der Waals surface area (Å²) in [6.45, 7) is 6.56. The normalized spacial score (nSPS) is 11.2. The maximum atomic E-state index is 13.9. The minimum atomic E-state index is -0.213. The number of furan rings is 1. The van der Waals surface area contributed by atoms with Crippen molar-refractivity contribution in [3.63, 3.8) is 0 Å². The van der Waals surface area contributed by atoms with E-state index in [4.69, 9.17) is 4.42 Å². The van der Waals surface area contributed by atoms with Crippen LogP contribution >= 0.6 is 0 Å². The van der Waals surface area contributed by atoms with Crippen LogP contribution in [0.25, 0.3) is 11.3 Å². The van der Waals surface area contributed by atoms with Crippen molar-refractivity contribution in [2.24, 2.45) is 0 Å². The van der Waals surface area contributed by atoms with Gasteiger partial charge in [0.15, 0.2) is 0 Å². The largest absolute Gasteiger partial charge is 0.460 e. The van der Waals surface area contributed by atoms with E-state index in [1.807, 2.05) is 18.2 Å². The summed E-state index contributed by atoms with van der Waals surface area (Å²) < 4.78 is 19.6. The minimum absolute atomic E-state index is 0.213. The van der Waals surface area contributed by atoms with Gasteiger partial charge in [0.05, 0.1) is 12.1 Å². The van der Waals surface area contributed by atoms with E-state index in [-0.39, 0.29) is 5.82 Å². The Morgan fingerprint density at radius 1 is 1.22 bits per heavy atom. The molecule has 0 amide bonds. The van der Waals surface area contributed by atoms with Gasteiger partial charge in [-0.3, -0.25) is 0 Å². The first-order valence-electron chi connectivity index (χ1n) is 6.15. The highest BCUT2D eigenvalue weighted by Gasteiger charge is 2.11. The van der Waals surface area contributed by atoms with Gasteiger partial charge in [-0.25, -0.2) is 4.39 Å². The van der Waals surface area contributed by atoms with Crippen molar-refractivity contribution < 1.29 is 8.81 Å². The molecule has 1 N–H and O–H groups in total. The first-order valence-corrected chi connectivity index (χ1v) is 6.15. The summed E-state index contributed by atoms with van der Waals surface area (Å²) >= 11 is 0. The van der Waals surface area contributed by atoms with Crippen molar-refractivity contribution in [1.82, 2.24) is 5.32 Å². The van der Waals surface area contributed by atoms with E-state index < -0.39 is 0 Å². The Morgan fingerprint density at radius 2 is 2.00 bits per heavy atom. The van der Waals surface area contributed by atoms with Gasteiger partial charge in [-0.2, -0.15) is 0 Å². The molecule has 1 aromatic carbocycles. The van der Waals surface area contributed by atoms with E-state index in [1.54, 1.807) is 19.1 Å². The molecule has 0 atom stereocenters. The molecule has 2 nitrogen and oxygen atoms in total. The summed E-state index contributed by atoms with van der Waals surface area (Å²) in [5.41, 5.74) is 1.15. The van der Waals surface area contributed by atoms with Crippen LogP contribution in [0.15, 0.2) is 34.7 Å². The highest BCUT2D eigenvalue weighted by Crippen LogP contribution is 2.26. The van der Waals surface area contributed by atoms with Crippen molar-refractivity contribution in [3.8, 4) is 11.3 Å². The van der Waals surface area contributed by atoms with Gasteiger partial charge in [0.1, 0.15) is 17.3 Å². The second-order valence-electron chi connectivity index (χ2n) is 4.74. The SMILES string of the molecule is Cc1cccc(-c2ccc(CNC(C)C)o2)c1F. The third kappa shape index (κ3) is 2.79. The van der Waals surface area contributed by atoms with Crippen LogP contribution < -0.4 is 5.32 Å². The zero-order valence-corrected chi connectivity index (χ0v) is 11.0. The molecule has 18 heavy (non-hydrogen) atoms. The van der Waals surface area contributed by atoms with Crippen LogP contribution in [-0.4, -0.2) is 6.04 Å². The van der Waals surface area contributed by atoms with E-state index in [2.05, 4.69) is 19.2 Å². The first-order chi connectivity index (χ1) is 8.58. The van der Waals surface area contributed by atoms with Gasteiger partial charge >= 0.3 is 0 Å². The molecule has 0 unspecified atom stereocenters. The molecule has 0 radical (unpaired) electrons. The van der Waals surface area contributed by atoms with Gasteiger partial charge in [0.25, 0.3) is 0 Å². The predicted molar refractivity (Wildman–Crippen MR) is 70.8 cm³/mol. The minimum Gasteiger partial charge on any atom is -0.460 e. The van der Waals surface area contributed by atoms with Gasteiger partial charge in [0, 0.05) is 6.04 Å². The van der Waals surface area contributed by atoms with E-state index in [9.17, 15) is 4.39 Å². The van der Waals surface area contributed by atoms with Gasteiger partial charge in [0.2, 0.25) is 0 Å². The number of nitrogens with one attached hydrogen (secondary N) is 1. The zero-order valence-electron chi connectivity index (χ0n) is 11.0. The van der Waals surface area contributed by atoms with Crippen LogP contribution in [0, 0.1) is 12.7 Å². The van der Waals surface area contributed by atoms with E-state index in [0.29, 0.717) is 29.5 Å². The third-order valence-electron chi connectivity index (χ3n) is 2.80. The molecule has 0 spiro atoms. The van der Waals surface area contributed by atoms with Gasteiger partial charge in [-0.05, 0) is 30.7 Å². The molecule has 1 aromatic heterocycles. The van der Waals surface area contributed by atoms with E-state index >= 15 is 0 Å². The fourth-order valence-electron chi connectivity index (χ4n) is 1.76. The third-order valence-corrected chi connectivity index (χ3v) is 2.80. The Labute approximate surface area is 107 Å². The quantitative estimate of drug-likeness (QED) is 0.886. The lowest BCUT2D eigenvalue weighted by Gasteiger charge is -2.05. The maximum absolute atomic E-state index is 13.9. The lowest BCUT2D eigenvalue weighted by molar-refractivity contribution is 0.471. The second kappa shape index (κ2) is 5.36. The molecule has 1 heterocycles. The molecular formula is C15H18FNO. The summed E-state index contributed by atoms with van der Waals surface area (Å²) in [7, 11) is 0. The average molecular weight is 247 g/mol. The van der Waals surface area contributed by atoms with Crippen molar-refractivity contribution in [1.29, 1.82) is 0 Å². The van der Waals surface area contributed by atoms with Crippen LogP contribution in [-0.2, 0) is 6.54 Å². The number of aryl methyl sites for hydroxylation is 1. The molecule has 0 aliphatic heterocycles. The topological polar surface area (TPSA) is 25.2 Å². The maximum Gasteiger partial charge on any atom is 0.137 e. The number of hydrogen-bond donors (Lipinski definition) is 1. The Bertz CT molecular complexity index is 531. The lowest BCUT2D eigenvalue weighted by atomic mass is 10.1. The molecule has 0 saturated carbocycles. The van der Waals surface area contributed by atoms with E-state index in [0.717, 1.165) is 5.76 Å². The van der Waals surface area contributed by atoms with Crippen LogP contribution in [0.5, 0.6) is 0 Å². The summed E-state index contributed by atoms with van der Waals surface area (Å²) in [5.74, 6) is 1.19. The highest BCUT2D eigenvalue weighted by atomic mass is 19.1. The molecule has 0 aliphatic rings. The monoisotopic (exact) mass is 247 g/mol. The van der Waals surface area contributed by atoms with Gasteiger partial charge in [-0.1, -0.05) is 26.0 Å². The summed E-state index contributed by atoms with van der Waals surface area (Å²) in [6, 6.07) is 9.42. The summed E-state index contributed by atoms with van der Waals surface area (Å²) in [5, 5.41) is 3.27. The van der Waals surface area contributed by atoms with Crippen LogP contribution in [0.3, 0.4) is 0 Å². The molecule has 96 valence electrons. The highest BCUT2D eigenvalue weighted by molar-refractivity contribution is 5.59. The molecule has 0 bridgehead atoms. The number of benzene rings is 1. The smallest absolute Gasteiger partial charge is 0.137 e.